The lowest BCUT2D eigenvalue weighted by Crippen LogP contribution is -2.21. The van der Waals surface area contributed by atoms with E-state index in [1.165, 1.54) is 6.92 Å². The van der Waals surface area contributed by atoms with E-state index in [4.69, 9.17) is 0 Å². The molecule has 0 aromatic carbocycles. The van der Waals surface area contributed by atoms with Gasteiger partial charge in [0.05, 0.1) is 6.61 Å². The van der Waals surface area contributed by atoms with E-state index < -0.39 is 23.2 Å². The van der Waals surface area contributed by atoms with Crippen molar-refractivity contribution in [1.82, 2.24) is 0 Å². The van der Waals surface area contributed by atoms with E-state index in [9.17, 15) is 18.0 Å². The molecular weight excluding hydrogens is 249 g/mol. The molecule has 0 aromatic heterocycles. The molecule has 92 valence electrons. The highest BCUT2D eigenvalue weighted by molar-refractivity contribution is 8.03. The van der Waals surface area contributed by atoms with Gasteiger partial charge in [0.25, 0.3) is 0 Å². The van der Waals surface area contributed by atoms with Gasteiger partial charge in [0.1, 0.15) is 6.61 Å². The van der Waals surface area contributed by atoms with Crippen molar-refractivity contribution in [2.75, 3.05) is 19.0 Å². The van der Waals surface area contributed by atoms with E-state index in [1.807, 2.05) is 0 Å². The fourth-order valence-electron chi connectivity index (χ4n) is 0.899. The van der Waals surface area contributed by atoms with Crippen LogP contribution in [0.2, 0.25) is 0 Å². The molecule has 0 spiro atoms. The molecule has 0 saturated heterocycles. The van der Waals surface area contributed by atoms with E-state index in [0.29, 0.717) is 11.8 Å². The Morgan fingerprint density at radius 1 is 1.56 bits per heavy atom. The lowest BCUT2D eigenvalue weighted by molar-refractivity contribution is -0.0936. The van der Waals surface area contributed by atoms with Crippen LogP contribution in [0, 0.1) is 0 Å². The Labute approximate surface area is 93.7 Å². The molecule has 0 radical (unpaired) electrons. The van der Waals surface area contributed by atoms with Crippen LogP contribution < -0.4 is 0 Å². The van der Waals surface area contributed by atoms with E-state index in [1.54, 1.807) is 0 Å². The minimum absolute atomic E-state index is 0.0145. The van der Waals surface area contributed by atoms with Crippen LogP contribution in [0.5, 0.6) is 0 Å². The van der Waals surface area contributed by atoms with Gasteiger partial charge in [-0.15, -0.1) is 11.8 Å². The largest absolute Gasteiger partial charge is 0.516 e. The molecule has 1 aliphatic rings. The van der Waals surface area contributed by atoms with Crippen LogP contribution in [-0.2, 0) is 14.2 Å². The second-order valence-electron chi connectivity index (χ2n) is 2.60. The first-order valence-corrected chi connectivity index (χ1v) is 5.35. The third-order valence-corrected chi connectivity index (χ3v) is 2.50. The summed E-state index contributed by atoms with van der Waals surface area (Å²) >= 11 is 0.535. The average molecular weight is 258 g/mol. The zero-order valence-electron chi connectivity index (χ0n) is 8.30. The highest BCUT2D eigenvalue weighted by Crippen LogP contribution is 2.39. The molecule has 0 saturated carbocycles. The summed E-state index contributed by atoms with van der Waals surface area (Å²) in [5.41, 5.74) is 0. The van der Waals surface area contributed by atoms with Crippen molar-refractivity contribution in [2.45, 2.75) is 13.1 Å². The first kappa shape index (κ1) is 13.0. The van der Waals surface area contributed by atoms with Crippen LogP contribution in [0.15, 0.2) is 10.9 Å². The van der Waals surface area contributed by atoms with Crippen molar-refractivity contribution in [1.29, 1.82) is 0 Å². The van der Waals surface area contributed by atoms with Crippen molar-refractivity contribution in [3.05, 3.63) is 10.9 Å². The highest BCUT2D eigenvalue weighted by atomic mass is 32.2. The monoisotopic (exact) mass is 258 g/mol. The van der Waals surface area contributed by atoms with Crippen LogP contribution in [0.25, 0.3) is 0 Å². The van der Waals surface area contributed by atoms with Gasteiger partial charge in [-0.2, -0.15) is 13.2 Å². The number of hydrogen-bond donors (Lipinski definition) is 0. The van der Waals surface area contributed by atoms with Gasteiger partial charge >= 0.3 is 18.3 Å². The van der Waals surface area contributed by atoms with E-state index >= 15 is 0 Å². The molecule has 0 N–H and O–H groups in total. The van der Waals surface area contributed by atoms with Gasteiger partial charge < -0.3 is 14.2 Å². The topological polar surface area (TPSA) is 44.8 Å². The smallest absolute Gasteiger partial charge is 0.463 e. The molecule has 1 heterocycles. The molecule has 16 heavy (non-hydrogen) atoms. The molecule has 0 aromatic rings. The molecule has 0 unspecified atom stereocenters. The number of rotatable bonds is 2. The summed E-state index contributed by atoms with van der Waals surface area (Å²) in [7, 11) is 0. The van der Waals surface area contributed by atoms with Crippen LogP contribution in [0.1, 0.15) is 6.92 Å². The number of hydrogen-bond acceptors (Lipinski definition) is 5. The SMILES string of the molecule is CCOC(=O)OC1=C(C(F)(F)F)SCCO1. The van der Waals surface area contributed by atoms with Crippen LogP contribution >= 0.6 is 11.8 Å². The summed E-state index contributed by atoms with van der Waals surface area (Å²) < 4.78 is 50.6. The van der Waals surface area contributed by atoms with Crippen molar-refractivity contribution in [2.24, 2.45) is 0 Å². The predicted molar refractivity (Wildman–Crippen MR) is 49.6 cm³/mol. The minimum atomic E-state index is -4.59. The third-order valence-electron chi connectivity index (χ3n) is 1.44. The van der Waals surface area contributed by atoms with Crippen LogP contribution in [0.3, 0.4) is 0 Å². The number of carbonyl (C=O) groups excluding carboxylic acids is 1. The Bertz CT molecular complexity index is 300. The van der Waals surface area contributed by atoms with Crippen LogP contribution in [0.4, 0.5) is 18.0 Å². The quantitative estimate of drug-likeness (QED) is 0.712. The summed E-state index contributed by atoms with van der Waals surface area (Å²) in [5, 5.41) is 0. The van der Waals surface area contributed by atoms with Crippen molar-refractivity contribution < 1.29 is 32.2 Å². The van der Waals surface area contributed by atoms with E-state index in [-0.39, 0.29) is 19.0 Å². The fraction of sp³-hybridized carbons (Fsp3) is 0.625. The van der Waals surface area contributed by atoms with Gasteiger partial charge in [-0.3, -0.25) is 0 Å². The third kappa shape index (κ3) is 3.51. The Morgan fingerprint density at radius 2 is 2.25 bits per heavy atom. The zero-order chi connectivity index (χ0) is 12.2. The van der Waals surface area contributed by atoms with Crippen molar-refractivity contribution in [3.63, 3.8) is 0 Å². The Morgan fingerprint density at radius 3 is 2.81 bits per heavy atom. The standard InChI is InChI=1S/C8H9F3O4S/c1-2-13-7(12)15-6-5(8(9,10)11)16-4-3-14-6/h2-4H2,1H3. The first-order chi connectivity index (χ1) is 7.45. The summed E-state index contributed by atoms with van der Waals surface area (Å²) in [6, 6.07) is 0. The van der Waals surface area contributed by atoms with Crippen molar-refractivity contribution >= 4 is 17.9 Å². The summed E-state index contributed by atoms with van der Waals surface area (Å²) in [4.78, 5) is 9.80. The zero-order valence-corrected chi connectivity index (χ0v) is 9.11. The number of thioether (sulfide) groups is 1. The number of ether oxygens (including phenoxy) is 3. The fourth-order valence-corrected chi connectivity index (χ4v) is 1.65. The molecule has 0 aliphatic carbocycles. The van der Waals surface area contributed by atoms with Gasteiger partial charge in [0, 0.05) is 5.75 Å². The second kappa shape index (κ2) is 5.33. The number of allylic oxidation sites excluding steroid dienone is 1. The molecular formula is C8H9F3O4S. The molecule has 1 rings (SSSR count). The Balaban J connectivity index is 2.79. The maximum atomic E-state index is 12.4. The summed E-state index contributed by atoms with van der Waals surface area (Å²) in [6.45, 7) is 1.58. The molecule has 0 fully saturated rings. The molecule has 1 aliphatic heterocycles. The molecule has 0 atom stereocenters. The maximum Gasteiger partial charge on any atom is 0.516 e. The van der Waals surface area contributed by atoms with Gasteiger partial charge in [0.2, 0.25) is 0 Å². The van der Waals surface area contributed by atoms with E-state index in [0.717, 1.165) is 0 Å². The molecule has 8 heteroatoms. The van der Waals surface area contributed by atoms with Crippen LogP contribution in [-0.4, -0.2) is 31.3 Å². The van der Waals surface area contributed by atoms with Gasteiger partial charge in [0.15, 0.2) is 4.91 Å². The Hall–Kier alpha value is -1.05. The summed E-state index contributed by atoms with van der Waals surface area (Å²) in [5.74, 6) is -0.674. The molecule has 4 nitrogen and oxygen atoms in total. The number of alkyl halides is 3. The van der Waals surface area contributed by atoms with Gasteiger partial charge in [-0.05, 0) is 6.92 Å². The second-order valence-corrected chi connectivity index (χ2v) is 3.70. The van der Waals surface area contributed by atoms with E-state index in [2.05, 4.69) is 14.2 Å². The number of carbonyl (C=O) groups is 1. The Kier molecular flexibility index (Phi) is 4.34. The van der Waals surface area contributed by atoms with Crippen molar-refractivity contribution in [3.8, 4) is 0 Å². The maximum absolute atomic E-state index is 12.4. The van der Waals surface area contributed by atoms with Gasteiger partial charge in [-0.25, -0.2) is 4.79 Å². The normalized spacial score (nSPS) is 16.8. The average Bonchev–Trinajstić information content (AvgIpc) is 2.17. The summed E-state index contributed by atoms with van der Waals surface area (Å²) in [6.07, 6.45) is -5.80. The number of halogens is 3. The van der Waals surface area contributed by atoms with Gasteiger partial charge in [-0.1, -0.05) is 0 Å². The lowest BCUT2D eigenvalue weighted by atomic mass is 10.5. The molecule has 0 amide bonds. The highest BCUT2D eigenvalue weighted by Gasteiger charge is 2.41. The molecule has 0 bridgehead atoms. The predicted octanol–water partition coefficient (Wildman–Crippen LogP) is 2.65. The first-order valence-electron chi connectivity index (χ1n) is 4.36. The lowest BCUT2D eigenvalue weighted by Gasteiger charge is -2.20. The minimum Gasteiger partial charge on any atom is -0.463 e.